The molecule has 2 aliphatic rings. The molecule has 0 amide bonds. The minimum absolute atomic E-state index is 0.248. The Hall–Kier alpha value is -2.40. The third-order valence-electron chi connectivity index (χ3n) is 6.47. The second-order valence-corrected chi connectivity index (χ2v) is 8.63. The van der Waals surface area contributed by atoms with E-state index in [-0.39, 0.29) is 5.75 Å². The number of hydrogen-bond donors (Lipinski definition) is 1. The first kappa shape index (κ1) is 21.8. The smallest absolute Gasteiger partial charge is 0.161 e. The molecule has 1 N–H and O–H groups in total. The third kappa shape index (κ3) is 4.62. The first-order chi connectivity index (χ1) is 15.1. The van der Waals surface area contributed by atoms with Gasteiger partial charge in [0.15, 0.2) is 23.0 Å². The van der Waals surface area contributed by atoms with Gasteiger partial charge >= 0.3 is 0 Å². The number of methoxy groups -OCH3 is 1. The van der Waals surface area contributed by atoms with Crippen LogP contribution in [0.1, 0.15) is 67.8 Å². The quantitative estimate of drug-likeness (QED) is 0.544. The van der Waals surface area contributed by atoms with Crippen molar-refractivity contribution in [1.82, 2.24) is 4.90 Å². The van der Waals surface area contributed by atoms with Crippen LogP contribution in [0.25, 0.3) is 0 Å². The lowest BCUT2D eigenvalue weighted by Crippen LogP contribution is -2.39. The van der Waals surface area contributed by atoms with E-state index in [1.54, 1.807) is 7.11 Å². The van der Waals surface area contributed by atoms with Crippen LogP contribution >= 0.6 is 0 Å². The minimum Gasteiger partial charge on any atom is -0.504 e. The van der Waals surface area contributed by atoms with E-state index in [4.69, 9.17) is 14.2 Å². The molecule has 168 valence electrons. The van der Waals surface area contributed by atoms with Crippen molar-refractivity contribution < 1.29 is 19.3 Å². The Balaban J connectivity index is 1.60. The van der Waals surface area contributed by atoms with Crippen molar-refractivity contribution in [1.29, 1.82) is 0 Å². The van der Waals surface area contributed by atoms with Gasteiger partial charge in [-0.2, -0.15) is 0 Å². The molecule has 2 heterocycles. The summed E-state index contributed by atoms with van der Waals surface area (Å²) in [5, 5.41) is 10.5. The zero-order chi connectivity index (χ0) is 21.8. The van der Waals surface area contributed by atoms with E-state index in [2.05, 4.69) is 30.9 Å². The Morgan fingerprint density at radius 1 is 0.903 bits per heavy atom. The van der Waals surface area contributed by atoms with Crippen LogP contribution in [-0.2, 0) is 19.4 Å². The van der Waals surface area contributed by atoms with E-state index < -0.39 is 0 Å². The predicted molar refractivity (Wildman–Crippen MR) is 122 cm³/mol. The molecule has 0 radical (unpaired) electrons. The SMILES string of the molecule is CCCCOc1cc2c(cc1O)CC1c3cc(OCCCC)c(OC)cc3CCN1C2. The summed E-state index contributed by atoms with van der Waals surface area (Å²) in [6, 6.07) is 8.59. The maximum absolute atomic E-state index is 10.5. The molecular formula is C26H35NO4. The number of ether oxygens (including phenoxy) is 3. The second-order valence-electron chi connectivity index (χ2n) is 8.63. The maximum Gasteiger partial charge on any atom is 0.161 e. The van der Waals surface area contributed by atoms with Crippen LogP contribution in [0.3, 0.4) is 0 Å². The molecule has 0 spiro atoms. The Bertz CT molecular complexity index is 911. The standard InChI is InChI=1S/C26H35NO4/c1-4-6-10-30-24-15-20-17-27-9-8-18-14-25(29-3)26(31-11-7-5-2)16-21(18)22(27)12-19(20)13-23(24)28/h13-16,22,28H,4-12,17H2,1-3H3. The molecule has 0 bridgehead atoms. The minimum atomic E-state index is 0.248. The molecule has 2 aromatic carbocycles. The number of fused-ring (bicyclic) bond motifs is 4. The fourth-order valence-electron chi connectivity index (χ4n) is 4.65. The van der Waals surface area contributed by atoms with Gasteiger partial charge in [-0.05, 0) is 72.2 Å². The third-order valence-corrected chi connectivity index (χ3v) is 6.47. The Kier molecular flexibility index (Phi) is 6.91. The molecule has 0 aliphatic carbocycles. The number of nitrogens with zero attached hydrogens (tertiary/aromatic N) is 1. The lowest BCUT2D eigenvalue weighted by molar-refractivity contribution is 0.159. The number of phenols is 1. The van der Waals surface area contributed by atoms with E-state index in [9.17, 15) is 5.11 Å². The Labute approximate surface area is 185 Å². The topological polar surface area (TPSA) is 51.2 Å². The van der Waals surface area contributed by atoms with E-state index in [1.807, 2.05) is 12.1 Å². The largest absolute Gasteiger partial charge is 0.504 e. The van der Waals surface area contributed by atoms with Crippen molar-refractivity contribution in [3.05, 3.63) is 46.5 Å². The molecule has 5 heteroatoms. The molecule has 1 atom stereocenters. The van der Waals surface area contributed by atoms with Gasteiger partial charge in [0.05, 0.1) is 20.3 Å². The lowest BCUT2D eigenvalue weighted by Gasteiger charge is -2.41. The Morgan fingerprint density at radius 2 is 1.61 bits per heavy atom. The molecule has 5 nitrogen and oxygen atoms in total. The van der Waals surface area contributed by atoms with Crippen LogP contribution in [0.5, 0.6) is 23.0 Å². The highest BCUT2D eigenvalue weighted by Gasteiger charge is 2.33. The van der Waals surface area contributed by atoms with Crippen LogP contribution in [0.15, 0.2) is 24.3 Å². The second kappa shape index (κ2) is 9.82. The van der Waals surface area contributed by atoms with Crippen LogP contribution in [0, 0.1) is 0 Å². The van der Waals surface area contributed by atoms with Gasteiger partial charge in [-0.15, -0.1) is 0 Å². The van der Waals surface area contributed by atoms with Crippen LogP contribution in [-0.4, -0.2) is 36.9 Å². The van der Waals surface area contributed by atoms with Gasteiger partial charge in [-0.1, -0.05) is 26.7 Å². The van der Waals surface area contributed by atoms with E-state index >= 15 is 0 Å². The van der Waals surface area contributed by atoms with Crippen molar-refractivity contribution in [3.63, 3.8) is 0 Å². The van der Waals surface area contributed by atoms with E-state index in [0.29, 0.717) is 25.0 Å². The number of benzene rings is 2. The summed E-state index contributed by atoms with van der Waals surface area (Å²) in [4.78, 5) is 2.54. The molecule has 0 fully saturated rings. The Morgan fingerprint density at radius 3 is 2.32 bits per heavy atom. The highest BCUT2D eigenvalue weighted by molar-refractivity contribution is 5.52. The highest BCUT2D eigenvalue weighted by Crippen LogP contribution is 2.44. The van der Waals surface area contributed by atoms with Crippen molar-refractivity contribution in [2.75, 3.05) is 26.9 Å². The summed E-state index contributed by atoms with van der Waals surface area (Å²) < 4.78 is 17.5. The van der Waals surface area contributed by atoms with Crippen LogP contribution in [0.4, 0.5) is 0 Å². The molecule has 2 aliphatic heterocycles. The molecule has 0 saturated carbocycles. The average molecular weight is 426 g/mol. The van der Waals surface area contributed by atoms with E-state index in [0.717, 1.165) is 63.1 Å². The van der Waals surface area contributed by atoms with Crippen molar-refractivity contribution in [2.45, 2.75) is 65.0 Å². The molecular weight excluding hydrogens is 390 g/mol. The van der Waals surface area contributed by atoms with Crippen LogP contribution in [0.2, 0.25) is 0 Å². The predicted octanol–water partition coefficient (Wildman–Crippen LogP) is 5.41. The fraction of sp³-hybridized carbons (Fsp3) is 0.538. The number of unbranched alkanes of at least 4 members (excludes halogenated alkanes) is 2. The lowest BCUT2D eigenvalue weighted by atomic mass is 9.83. The molecule has 31 heavy (non-hydrogen) atoms. The molecule has 4 rings (SSSR count). The number of hydrogen-bond acceptors (Lipinski definition) is 5. The summed E-state index contributed by atoms with van der Waals surface area (Å²) in [6.07, 6.45) is 6.10. The maximum atomic E-state index is 10.5. The van der Waals surface area contributed by atoms with Crippen molar-refractivity contribution in [2.24, 2.45) is 0 Å². The fourth-order valence-corrected chi connectivity index (χ4v) is 4.65. The van der Waals surface area contributed by atoms with Gasteiger partial charge in [-0.25, -0.2) is 0 Å². The first-order valence-corrected chi connectivity index (χ1v) is 11.7. The summed E-state index contributed by atoms with van der Waals surface area (Å²) in [5.74, 6) is 2.52. The average Bonchev–Trinajstić information content (AvgIpc) is 2.78. The summed E-state index contributed by atoms with van der Waals surface area (Å²) in [6.45, 7) is 7.55. The first-order valence-electron chi connectivity index (χ1n) is 11.7. The number of aromatic hydroxyl groups is 1. The van der Waals surface area contributed by atoms with Gasteiger partial charge < -0.3 is 19.3 Å². The van der Waals surface area contributed by atoms with Gasteiger partial charge in [-0.3, -0.25) is 4.90 Å². The zero-order valence-electron chi connectivity index (χ0n) is 19.1. The zero-order valence-corrected chi connectivity index (χ0v) is 19.1. The molecule has 2 aromatic rings. The van der Waals surface area contributed by atoms with Gasteiger partial charge in [0.25, 0.3) is 0 Å². The van der Waals surface area contributed by atoms with Crippen molar-refractivity contribution >= 4 is 0 Å². The molecule has 1 unspecified atom stereocenters. The van der Waals surface area contributed by atoms with E-state index in [1.165, 1.54) is 22.3 Å². The van der Waals surface area contributed by atoms with Crippen molar-refractivity contribution in [3.8, 4) is 23.0 Å². The van der Waals surface area contributed by atoms with Gasteiger partial charge in [0.2, 0.25) is 0 Å². The summed E-state index contributed by atoms with van der Waals surface area (Å²) in [5.41, 5.74) is 5.13. The number of rotatable bonds is 9. The van der Waals surface area contributed by atoms with Gasteiger partial charge in [0, 0.05) is 19.1 Å². The molecule has 0 saturated heterocycles. The molecule has 0 aromatic heterocycles. The highest BCUT2D eigenvalue weighted by atomic mass is 16.5. The normalized spacial score (nSPS) is 17.5. The van der Waals surface area contributed by atoms with Gasteiger partial charge in [0.1, 0.15) is 0 Å². The number of phenolic OH excluding ortho intramolecular Hbond substituents is 1. The summed E-state index contributed by atoms with van der Waals surface area (Å²) in [7, 11) is 1.71. The summed E-state index contributed by atoms with van der Waals surface area (Å²) >= 11 is 0. The monoisotopic (exact) mass is 425 g/mol. The van der Waals surface area contributed by atoms with Crippen LogP contribution < -0.4 is 14.2 Å².